The zero-order valence-electron chi connectivity index (χ0n) is 12.7. The van der Waals surface area contributed by atoms with E-state index >= 15 is 0 Å². The highest BCUT2D eigenvalue weighted by molar-refractivity contribution is 5.80. The van der Waals surface area contributed by atoms with Crippen LogP contribution in [0, 0.1) is 0 Å². The predicted molar refractivity (Wildman–Crippen MR) is 84.0 cm³/mol. The SMILES string of the molecule is CC(C)NCc1ccc2ccn(Cc3nncn3C)c2c1. The Morgan fingerprint density at radius 2 is 2.10 bits per heavy atom. The van der Waals surface area contributed by atoms with Gasteiger partial charge in [0, 0.05) is 31.3 Å². The third-order valence-electron chi connectivity index (χ3n) is 3.67. The Balaban J connectivity index is 1.89. The second-order valence-electron chi connectivity index (χ2n) is 5.73. The van der Waals surface area contributed by atoms with Gasteiger partial charge in [-0.3, -0.25) is 0 Å². The fourth-order valence-electron chi connectivity index (χ4n) is 2.40. The smallest absolute Gasteiger partial charge is 0.152 e. The van der Waals surface area contributed by atoms with Crippen LogP contribution >= 0.6 is 0 Å². The van der Waals surface area contributed by atoms with E-state index in [1.165, 1.54) is 16.5 Å². The van der Waals surface area contributed by atoms with Crippen LogP contribution in [0.3, 0.4) is 0 Å². The number of aromatic nitrogens is 4. The second-order valence-corrected chi connectivity index (χ2v) is 5.73. The van der Waals surface area contributed by atoms with Gasteiger partial charge in [-0.1, -0.05) is 26.0 Å². The lowest BCUT2D eigenvalue weighted by molar-refractivity contribution is 0.589. The number of nitrogens with zero attached hydrogens (tertiary/aromatic N) is 4. The zero-order valence-corrected chi connectivity index (χ0v) is 12.7. The number of nitrogens with one attached hydrogen (secondary N) is 1. The van der Waals surface area contributed by atoms with E-state index in [0.29, 0.717) is 6.04 Å². The minimum Gasteiger partial charge on any atom is -0.340 e. The van der Waals surface area contributed by atoms with Crippen molar-refractivity contribution in [2.45, 2.75) is 33.0 Å². The number of fused-ring (bicyclic) bond motifs is 1. The number of rotatable bonds is 5. The van der Waals surface area contributed by atoms with Crippen LogP contribution in [-0.4, -0.2) is 25.4 Å². The lowest BCUT2D eigenvalue weighted by Crippen LogP contribution is -2.21. The third kappa shape index (κ3) is 2.97. The summed E-state index contributed by atoms with van der Waals surface area (Å²) in [5.41, 5.74) is 2.54. The van der Waals surface area contributed by atoms with E-state index in [4.69, 9.17) is 0 Å². The van der Waals surface area contributed by atoms with Gasteiger partial charge in [-0.15, -0.1) is 10.2 Å². The number of aryl methyl sites for hydroxylation is 1. The molecule has 3 aromatic rings. The summed E-state index contributed by atoms with van der Waals surface area (Å²) < 4.78 is 4.17. The summed E-state index contributed by atoms with van der Waals surface area (Å²) in [5.74, 6) is 0.957. The molecule has 0 spiro atoms. The molecule has 1 N–H and O–H groups in total. The average Bonchev–Trinajstić information content (AvgIpc) is 3.04. The molecule has 0 aliphatic heterocycles. The van der Waals surface area contributed by atoms with Crippen LogP contribution in [-0.2, 0) is 20.1 Å². The fourth-order valence-corrected chi connectivity index (χ4v) is 2.40. The molecule has 0 aliphatic rings. The van der Waals surface area contributed by atoms with Crippen LogP contribution in [0.5, 0.6) is 0 Å². The first kappa shape index (κ1) is 13.8. The maximum absolute atomic E-state index is 4.16. The van der Waals surface area contributed by atoms with Crippen molar-refractivity contribution in [2.75, 3.05) is 0 Å². The van der Waals surface area contributed by atoms with E-state index in [2.05, 4.69) is 64.4 Å². The van der Waals surface area contributed by atoms with Crippen molar-refractivity contribution >= 4 is 10.9 Å². The minimum atomic E-state index is 0.492. The van der Waals surface area contributed by atoms with Gasteiger partial charge in [-0.05, 0) is 23.1 Å². The molecular formula is C16H21N5. The standard InChI is InChI=1S/C16H21N5/c1-12(2)17-9-13-4-5-14-6-7-21(15(14)8-13)10-16-19-18-11-20(16)3/h4-8,11-12,17H,9-10H2,1-3H3. The Morgan fingerprint density at radius 1 is 1.24 bits per heavy atom. The average molecular weight is 283 g/mol. The molecule has 5 heteroatoms. The summed E-state index contributed by atoms with van der Waals surface area (Å²) in [5, 5.41) is 12.8. The van der Waals surface area contributed by atoms with Crippen molar-refractivity contribution in [3.8, 4) is 0 Å². The van der Waals surface area contributed by atoms with Crippen molar-refractivity contribution < 1.29 is 0 Å². The van der Waals surface area contributed by atoms with Crippen molar-refractivity contribution in [1.82, 2.24) is 24.6 Å². The van der Waals surface area contributed by atoms with Crippen molar-refractivity contribution in [2.24, 2.45) is 7.05 Å². The third-order valence-corrected chi connectivity index (χ3v) is 3.67. The van der Waals surface area contributed by atoms with Gasteiger partial charge >= 0.3 is 0 Å². The topological polar surface area (TPSA) is 47.7 Å². The molecule has 2 heterocycles. The van der Waals surface area contributed by atoms with E-state index in [0.717, 1.165) is 18.9 Å². The Bertz CT molecular complexity index is 738. The molecule has 21 heavy (non-hydrogen) atoms. The molecule has 0 amide bonds. The number of hydrogen-bond donors (Lipinski definition) is 1. The molecule has 0 unspecified atom stereocenters. The predicted octanol–water partition coefficient (Wildman–Crippen LogP) is 2.32. The molecule has 0 atom stereocenters. The lowest BCUT2D eigenvalue weighted by atomic mass is 10.1. The molecule has 3 rings (SSSR count). The van der Waals surface area contributed by atoms with Crippen LogP contribution < -0.4 is 5.32 Å². The van der Waals surface area contributed by atoms with E-state index in [1.54, 1.807) is 6.33 Å². The maximum Gasteiger partial charge on any atom is 0.152 e. The highest BCUT2D eigenvalue weighted by atomic mass is 15.3. The Morgan fingerprint density at radius 3 is 2.81 bits per heavy atom. The molecule has 2 aromatic heterocycles. The quantitative estimate of drug-likeness (QED) is 0.781. The van der Waals surface area contributed by atoms with Crippen molar-refractivity contribution in [1.29, 1.82) is 0 Å². The highest BCUT2D eigenvalue weighted by Gasteiger charge is 2.06. The van der Waals surface area contributed by atoms with Gasteiger partial charge in [0.25, 0.3) is 0 Å². The van der Waals surface area contributed by atoms with E-state index in [1.807, 2.05) is 11.6 Å². The van der Waals surface area contributed by atoms with Gasteiger partial charge in [0.15, 0.2) is 5.82 Å². The first-order valence-corrected chi connectivity index (χ1v) is 7.27. The molecule has 0 radical (unpaired) electrons. The van der Waals surface area contributed by atoms with E-state index in [9.17, 15) is 0 Å². The van der Waals surface area contributed by atoms with Gasteiger partial charge in [0.05, 0.1) is 6.54 Å². The largest absolute Gasteiger partial charge is 0.340 e. The van der Waals surface area contributed by atoms with Crippen molar-refractivity contribution in [3.05, 3.63) is 48.2 Å². The summed E-state index contributed by atoms with van der Waals surface area (Å²) in [6.07, 6.45) is 3.85. The van der Waals surface area contributed by atoms with Crippen molar-refractivity contribution in [3.63, 3.8) is 0 Å². The molecule has 0 saturated heterocycles. The van der Waals surface area contributed by atoms with Gasteiger partial charge < -0.3 is 14.5 Å². The number of hydrogen-bond acceptors (Lipinski definition) is 3. The summed E-state index contributed by atoms with van der Waals surface area (Å²) in [6.45, 7) is 5.95. The first-order valence-electron chi connectivity index (χ1n) is 7.27. The monoisotopic (exact) mass is 283 g/mol. The molecule has 1 aromatic carbocycles. The van der Waals surface area contributed by atoms with Crippen LogP contribution in [0.1, 0.15) is 25.2 Å². The van der Waals surface area contributed by atoms with Gasteiger partial charge in [0.2, 0.25) is 0 Å². The van der Waals surface area contributed by atoms with Crippen LogP contribution in [0.2, 0.25) is 0 Å². The summed E-state index contributed by atoms with van der Waals surface area (Å²) >= 11 is 0. The fraction of sp³-hybridized carbons (Fsp3) is 0.375. The Hall–Kier alpha value is -2.14. The van der Waals surface area contributed by atoms with Crippen LogP contribution in [0.25, 0.3) is 10.9 Å². The summed E-state index contributed by atoms with van der Waals surface area (Å²) in [7, 11) is 1.97. The first-order chi connectivity index (χ1) is 10.1. The van der Waals surface area contributed by atoms with Gasteiger partial charge in [-0.2, -0.15) is 0 Å². The molecular weight excluding hydrogens is 262 g/mol. The normalized spacial score (nSPS) is 11.6. The summed E-state index contributed by atoms with van der Waals surface area (Å²) in [4.78, 5) is 0. The minimum absolute atomic E-state index is 0.492. The molecule has 110 valence electrons. The highest BCUT2D eigenvalue weighted by Crippen LogP contribution is 2.18. The maximum atomic E-state index is 4.16. The van der Waals surface area contributed by atoms with Gasteiger partial charge in [-0.25, -0.2) is 0 Å². The molecule has 0 aliphatic carbocycles. The Kier molecular flexibility index (Phi) is 3.75. The van der Waals surface area contributed by atoms with Crippen LogP contribution in [0.4, 0.5) is 0 Å². The molecule has 0 bridgehead atoms. The zero-order chi connectivity index (χ0) is 14.8. The summed E-state index contributed by atoms with van der Waals surface area (Å²) in [6, 6.07) is 9.25. The van der Waals surface area contributed by atoms with E-state index in [-0.39, 0.29) is 0 Å². The molecule has 0 saturated carbocycles. The molecule has 5 nitrogen and oxygen atoms in total. The van der Waals surface area contributed by atoms with Crippen LogP contribution in [0.15, 0.2) is 36.8 Å². The second kappa shape index (κ2) is 5.69. The molecule has 0 fully saturated rings. The van der Waals surface area contributed by atoms with Gasteiger partial charge in [0.1, 0.15) is 6.33 Å². The number of benzene rings is 1. The van der Waals surface area contributed by atoms with E-state index < -0.39 is 0 Å². The Labute approximate surface area is 124 Å². The lowest BCUT2D eigenvalue weighted by Gasteiger charge is -2.09.